The highest BCUT2D eigenvalue weighted by molar-refractivity contribution is 5.43. The summed E-state index contributed by atoms with van der Waals surface area (Å²) in [5.74, 6) is 0. The zero-order valence-corrected chi connectivity index (χ0v) is 10.3. The van der Waals surface area contributed by atoms with Gasteiger partial charge in [0, 0.05) is 12.0 Å². The van der Waals surface area contributed by atoms with Gasteiger partial charge in [-0.15, -0.1) is 0 Å². The highest BCUT2D eigenvalue weighted by Gasteiger charge is 2.54. The third kappa shape index (κ3) is 1.40. The smallest absolute Gasteiger partial charge is 0.0756 e. The fourth-order valence-electron chi connectivity index (χ4n) is 4.01. The van der Waals surface area contributed by atoms with Crippen LogP contribution in [-0.4, -0.2) is 17.3 Å². The van der Waals surface area contributed by atoms with Gasteiger partial charge in [0.15, 0.2) is 0 Å². The van der Waals surface area contributed by atoms with Crippen molar-refractivity contribution in [1.29, 1.82) is 0 Å². The highest BCUT2D eigenvalue weighted by atomic mass is 16.3. The van der Waals surface area contributed by atoms with E-state index in [9.17, 15) is 5.11 Å². The average Bonchev–Trinajstić information content (AvgIpc) is 2.95. The van der Waals surface area contributed by atoms with Crippen molar-refractivity contribution in [2.45, 2.75) is 49.5 Å². The van der Waals surface area contributed by atoms with Crippen LogP contribution in [0, 0.1) is 0 Å². The number of hydrogen-bond acceptors (Lipinski definition) is 2. The van der Waals surface area contributed by atoms with Crippen LogP contribution in [0.4, 0.5) is 0 Å². The van der Waals surface area contributed by atoms with Gasteiger partial charge in [-0.25, -0.2) is 0 Å². The van der Waals surface area contributed by atoms with Crippen molar-refractivity contribution in [3.63, 3.8) is 0 Å². The number of nitrogens with two attached hydrogens (primary N) is 1. The Balaban J connectivity index is 2.10. The summed E-state index contributed by atoms with van der Waals surface area (Å²) in [6.45, 7) is 0.570. The Hall–Kier alpha value is -0.860. The molecule has 0 heterocycles. The minimum absolute atomic E-state index is 0.180. The first-order valence-electron chi connectivity index (χ1n) is 6.73. The first kappa shape index (κ1) is 11.2. The fourth-order valence-corrected chi connectivity index (χ4v) is 4.01. The largest absolute Gasteiger partial charge is 0.389 e. The number of aryl methyl sites for hydroxylation is 1. The van der Waals surface area contributed by atoms with Gasteiger partial charge < -0.3 is 10.8 Å². The van der Waals surface area contributed by atoms with E-state index in [1.165, 1.54) is 11.1 Å². The Morgan fingerprint density at radius 3 is 2.53 bits per heavy atom. The van der Waals surface area contributed by atoms with E-state index in [4.69, 9.17) is 5.73 Å². The zero-order valence-electron chi connectivity index (χ0n) is 10.3. The summed E-state index contributed by atoms with van der Waals surface area (Å²) in [5.41, 5.74) is 8.05. The van der Waals surface area contributed by atoms with E-state index in [-0.39, 0.29) is 5.41 Å². The Labute approximate surface area is 103 Å². The van der Waals surface area contributed by atoms with Crippen molar-refractivity contribution in [3.8, 4) is 0 Å². The second-order valence-corrected chi connectivity index (χ2v) is 5.68. The molecule has 92 valence electrons. The summed E-state index contributed by atoms with van der Waals surface area (Å²) in [4.78, 5) is 0. The van der Waals surface area contributed by atoms with Crippen molar-refractivity contribution in [3.05, 3.63) is 35.4 Å². The van der Waals surface area contributed by atoms with Gasteiger partial charge >= 0.3 is 0 Å². The molecule has 0 spiro atoms. The van der Waals surface area contributed by atoms with Crippen LogP contribution in [0.3, 0.4) is 0 Å². The molecule has 3 rings (SSSR count). The Kier molecular flexibility index (Phi) is 2.53. The maximum atomic E-state index is 11.0. The van der Waals surface area contributed by atoms with Crippen molar-refractivity contribution in [2.75, 3.05) is 6.54 Å². The molecule has 3 N–H and O–H groups in total. The predicted octanol–water partition coefficient (Wildman–Crippen LogP) is 2.13. The summed E-state index contributed by atoms with van der Waals surface area (Å²) in [7, 11) is 0. The second-order valence-electron chi connectivity index (χ2n) is 5.68. The second kappa shape index (κ2) is 3.82. The van der Waals surface area contributed by atoms with Crippen LogP contribution < -0.4 is 5.73 Å². The Bertz CT molecular complexity index is 423. The van der Waals surface area contributed by atoms with Crippen LogP contribution in [0.25, 0.3) is 0 Å². The predicted molar refractivity (Wildman–Crippen MR) is 68.9 cm³/mol. The van der Waals surface area contributed by atoms with Gasteiger partial charge in [-0.3, -0.25) is 0 Å². The summed E-state index contributed by atoms with van der Waals surface area (Å²) < 4.78 is 0. The molecule has 2 aliphatic carbocycles. The molecule has 2 nitrogen and oxygen atoms in total. The Morgan fingerprint density at radius 2 is 1.82 bits per heavy atom. The first-order chi connectivity index (χ1) is 8.22. The van der Waals surface area contributed by atoms with E-state index in [1.807, 2.05) is 0 Å². The van der Waals surface area contributed by atoms with Crippen LogP contribution in [0.2, 0.25) is 0 Å². The minimum Gasteiger partial charge on any atom is -0.389 e. The normalized spacial score (nSPS) is 30.5. The quantitative estimate of drug-likeness (QED) is 0.819. The minimum atomic E-state index is -0.561. The van der Waals surface area contributed by atoms with Crippen molar-refractivity contribution < 1.29 is 5.11 Å². The molecule has 17 heavy (non-hydrogen) atoms. The van der Waals surface area contributed by atoms with E-state index in [0.717, 1.165) is 38.5 Å². The lowest BCUT2D eigenvalue weighted by molar-refractivity contribution is -0.0311. The van der Waals surface area contributed by atoms with E-state index >= 15 is 0 Å². The first-order valence-corrected chi connectivity index (χ1v) is 6.73. The van der Waals surface area contributed by atoms with E-state index in [0.29, 0.717) is 6.54 Å². The molecular formula is C15H21NO. The van der Waals surface area contributed by atoms with Crippen LogP contribution in [0.5, 0.6) is 0 Å². The summed E-state index contributed by atoms with van der Waals surface area (Å²) in [5, 5.41) is 11.0. The molecule has 2 heteroatoms. The molecule has 0 amide bonds. The zero-order chi connectivity index (χ0) is 11.9. The maximum absolute atomic E-state index is 11.0. The maximum Gasteiger partial charge on any atom is 0.0756 e. The van der Waals surface area contributed by atoms with Crippen LogP contribution >= 0.6 is 0 Å². The molecule has 0 bridgehead atoms. The van der Waals surface area contributed by atoms with Gasteiger partial charge in [0.25, 0.3) is 0 Å². The lowest BCUT2D eigenvalue weighted by Gasteiger charge is -2.43. The van der Waals surface area contributed by atoms with Crippen molar-refractivity contribution >= 4 is 0 Å². The van der Waals surface area contributed by atoms with Gasteiger partial charge in [0.1, 0.15) is 0 Å². The van der Waals surface area contributed by atoms with Gasteiger partial charge in [-0.2, -0.15) is 0 Å². The fraction of sp³-hybridized carbons (Fsp3) is 0.600. The van der Waals surface area contributed by atoms with Crippen molar-refractivity contribution in [1.82, 2.24) is 0 Å². The van der Waals surface area contributed by atoms with Crippen molar-refractivity contribution in [2.24, 2.45) is 5.73 Å². The molecule has 0 aliphatic heterocycles. The molecule has 2 aliphatic rings. The molecule has 0 saturated heterocycles. The number of benzene rings is 1. The summed E-state index contributed by atoms with van der Waals surface area (Å²) in [6, 6.07) is 8.52. The number of hydrogen-bond donors (Lipinski definition) is 2. The van der Waals surface area contributed by atoms with E-state index in [1.54, 1.807) is 0 Å². The van der Waals surface area contributed by atoms with E-state index < -0.39 is 5.60 Å². The molecule has 0 radical (unpaired) electrons. The summed E-state index contributed by atoms with van der Waals surface area (Å²) >= 11 is 0. The molecule has 1 saturated carbocycles. The van der Waals surface area contributed by atoms with E-state index in [2.05, 4.69) is 24.3 Å². The topological polar surface area (TPSA) is 46.2 Å². The molecule has 1 unspecified atom stereocenters. The summed E-state index contributed by atoms with van der Waals surface area (Å²) in [6.07, 6.45) is 6.19. The number of rotatable bonds is 2. The number of aliphatic hydroxyl groups is 1. The van der Waals surface area contributed by atoms with Crippen LogP contribution in [-0.2, 0) is 11.8 Å². The lowest BCUT2D eigenvalue weighted by Crippen LogP contribution is -2.53. The molecule has 0 aromatic heterocycles. The van der Waals surface area contributed by atoms with Gasteiger partial charge in [-0.1, -0.05) is 37.1 Å². The molecule has 1 aromatic carbocycles. The Morgan fingerprint density at radius 1 is 1.12 bits per heavy atom. The highest BCUT2D eigenvalue weighted by Crippen LogP contribution is 2.51. The molecule has 1 fully saturated rings. The molecule has 1 atom stereocenters. The third-order valence-corrected chi connectivity index (χ3v) is 5.02. The van der Waals surface area contributed by atoms with Crippen LogP contribution in [0.15, 0.2) is 24.3 Å². The number of fused-ring (bicyclic) bond motifs is 1. The third-order valence-electron chi connectivity index (χ3n) is 5.02. The molecular weight excluding hydrogens is 210 g/mol. The lowest BCUT2D eigenvalue weighted by atomic mass is 9.67. The van der Waals surface area contributed by atoms with Gasteiger partial charge in [0.2, 0.25) is 0 Å². The average molecular weight is 231 g/mol. The SMILES string of the molecule is NCC1(C2(O)CCCC2)CCc2ccccc21. The van der Waals surface area contributed by atoms with Crippen LogP contribution in [0.1, 0.15) is 43.2 Å². The molecule has 1 aromatic rings. The standard InChI is InChI=1S/C15H21NO/c16-11-14(15(17)8-3-4-9-15)10-7-12-5-1-2-6-13(12)14/h1-2,5-6,17H,3-4,7-11,16H2. The van der Waals surface area contributed by atoms with Gasteiger partial charge in [0.05, 0.1) is 5.60 Å². The monoisotopic (exact) mass is 231 g/mol. The van der Waals surface area contributed by atoms with Gasteiger partial charge in [-0.05, 0) is 36.8 Å².